The van der Waals surface area contributed by atoms with Crippen molar-refractivity contribution in [2.45, 2.75) is 52.3 Å². The molecule has 204 valence electrons. The number of nitrogens with zero attached hydrogens (tertiary/aromatic N) is 6. The predicted octanol–water partition coefficient (Wildman–Crippen LogP) is 3.11. The molecule has 1 aliphatic carbocycles. The molecule has 1 saturated heterocycles. The lowest BCUT2D eigenvalue weighted by molar-refractivity contribution is -0.157. The number of rotatable bonds is 7. The standard InChI is InChI=1S/C27H29F2N7O3/c1-27(2,3)25(38)39-15-36-14-23(33-34-36)19-12-35(13-19)24(37)5-4-16-10-30-26(31-11-16)32-20-6-17-8-21(28)22(29)9-18(17)7-20/h4-5,8-11,14,19-20H,6-7,12-13,15H2,1-3H3,(H,30,31,32). The lowest BCUT2D eigenvalue weighted by Crippen LogP contribution is -2.47. The highest BCUT2D eigenvalue weighted by molar-refractivity contribution is 5.92. The number of hydrogen-bond donors (Lipinski definition) is 1. The molecule has 5 rings (SSSR count). The number of ether oxygens (including phenoxy) is 1. The molecule has 0 bridgehead atoms. The van der Waals surface area contributed by atoms with Crippen molar-refractivity contribution in [1.29, 1.82) is 0 Å². The number of amides is 1. The summed E-state index contributed by atoms with van der Waals surface area (Å²) in [5, 5.41) is 11.3. The fourth-order valence-electron chi connectivity index (χ4n) is 4.42. The minimum Gasteiger partial charge on any atom is -0.442 e. The Morgan fingerprint density at radius 1 is 1.10 bits per heavy atom. The van der Waals surface area contributed by atoms with Crippen molar-refractivity contribution in [2.24, 2.45) is 5.41 Å². The summed E-state index contributed by atoms with van der Waals surface area (Å²) < 4.78 is 33.7. The Balaban J connectivity index is 1.07. The van der Waals surface area contributed by atoms with Crippen LogP contribution in [0.3, 0.4) is 0 Å². The molecular formula is C27H29F2N7O3. The van der Waals surface area contributed by atoms with E-state index >= 15 is 0 Å². The molecule has 0 unspecified atom stereocenters. The first-order valence-electron chi connectivity index (χ1n) is 12.6. The van der Waals surface area contributed by atoms with E-state index in [0.717, 1.165) is 16.8 Å². The van der Waals surface area contributed by atoms with E-state index in [1.165, 1.54) is 22.9 Å². The van der Waals surface area contributed by atoms with Crippen LogP contribution in [0, 0.1) is 17.0 Å². The maximum atomic E-state index is 13.5. The van der Waals surface area contributed by atoms with E-state index in [-0.39, 0.29) is 30.6 Å². The molecule has 10 nitrogen and oxygen atoms in total. The van der Waals surface area contributed by atoms with Gasteiger partial charge in [0.2, 0.25) is 11.9 Å². The third kappa shape index (κ3) is 6.10. The number of esters is 1. The second-order valence-corrected chi connectivity index (χ2v) is 10.9. The van der Waals surface area contributed by atoms with Crippen molar-refractivity contribution in [3.8, 4) is 0 Å². The number of likely N-dealkylation sites (tertiary alicyclic amines) is 1. The summed E-state index contributed by atoms with van der Waals surface area (Å²) in [5.74, 6) is -1.66. The molecular weight excluding hydrogens is 508 g/mol. The lowest BCUT2D eigenvalue weighted by Gasteiger charge is -2.37. The zero-order valence-corrected chi connectivity index (χ0v) is 21.9. The van der Waals surface area contributed by atoms with Crippen LogP contribution in [-0.4, -0.2) is 60.9 Å². The van der Waals surface area contributed by atoms with Crippen molar-refractivity contribution >= 4 is 23.9 Å². The van der Waals surface area contributed by atoms with Crippen molar-refractivity contribution in [3.63, 3.8) is 0 Å². The van der Waals surface area contributed by atoms with Gasteiger partial charge in [0.25, 0.3) is 0 Å². The van der Waals surface area contributed by atoms with E-state index in [4.69, 9.17) is 4.74 Å². The van der Waals surface area contributed by atoms with Crippen molar-refractivity contribution in [1.82, 2.24) is 29.9 Å². The minimum absolute atomic E-state index is 0.00808. The van der Waals surface area contributed by atoms with Gasteiger partial charge in [-0.15, -0.1) is 5.10 Å². The molecule has 1 N–H and O–H groups in total. The van der Waals surface area contributed by atoms with Crippen LogP contribution in [0.2, 0.25) is 0 Å². The predicted molar refractivity (Wildman–Crippen MR) is 137 cm³/mol. The van der Waals surface area contributed by atoms with Gasteiger partial charge in [-0.3, -0.25) is 9.59 Å². The Morgan fingerprint density at radius 3 is 2.36 bits per heavy atom. The van der Waals surface area contributed by atoms with E-state index in [1.807, 2.05) is 0 Å². The second-order valence-electron chi connectivity index (χ2n) is 10.9. The summed E-state index contributed by atoms with van der Waals surface area (Å²) in [6, 6.07) is 2.44. The highest BCUT2D eigenvalue weighted by atomic mass is 19.2. The van der Waals surface area contributed by atoms with Gasteiger partial charge >= 0.3 is 5.97 Å². The Bertz CT molecular complexity index is 1380. The molecule has 3 heterocycles. The molecule has 1 aromatic carbocycles. The molecule has 0 atom stereocenters. The zero-order chi connectivity index (χ0) is 27.7. The molecule has 0 saturated carbocycles. The SMILES string of the molecule is CC(C)(C)C(=O)OCn1cc(C2CN(C(=O)C=Cc3cnc(NC4Cc5cc(F)c(F)cc5C4)nc3)C2)nn1. The molecule has 12 heteroatoms. The first kappa shape index (κ1) is 26.4. The quantitative estimate of drug-likeness (QED) is 0.361. The summed E-state index contributed by atoms with van der Waals surface area (Å²) in [7, 11) is 0. The molecule has 1 amide bonds. The monoisotopic (exact) mass is 537 g/mol. The summed E-state index contributed by atoms with van der Waals surface area (Å²) in [6.07, 6.45) is 9.17. The van der Waals surface area contributed by atoms with Gasteiger partial charge in [-0.25, -0.2) is 23.4 Å². The highest BCUT2D eigenvalue weighted by Crippen LogP contribution is 2.27. The van der Waals surface area contributed by atoms with Crippen LogP contribution in [0.4, 0.5) is 14.7 Å². The van der Waals surface area contributed by atoms with Gasteiger partial charge in [-0.05, 0) is 62.9 Å². The first-order chi connectivity index (χ1) is 18.5. The average molecular weight is 538 g/mol. The van der Waals surface area contributed by atoms with E-state index in [1.54, 1.807) is 50.3 Å². The van der Waals surface area contributed by atoms with Gasteiger partial charge < -0.3 is 15.0 Å². The number of carbonyl (C=O) groups excluding carboxylic acids is 2. The molecule has 2 aromatic heterocycles. The number of fused-ring (bicyclic) bond motifs is 1. The summed E-state index contributed by atoms with van der Waals surface area (Å²) in [4.78, 5) is 34.7. The Hall–Kier alpha value is -4.22. The molecule has 1 aliphatic heterocycles. The van der Waals surface area contributed by atoms with E-state index in [2.05, 4.69) is 25.6 Å². The third-order valence-electron chi connectivity index (χ3n) is 6.71. The summed E-state index contributed by atoms with van der Waals surface area (Å²) in [5.41, 5.74) is 2.38. The Kier molecular flexibility index (Phi) is 7.11. The van der Waals surface area contributed by atoms with Crippen molar-refractivity contribution in [2.75, 3.05) is 18.4 Å². The van der Waals surface area contributed by atoms with Crippen LogP contribution in [0.1, 0.15) is 49.1 Å². The lowest BCUT2D eigenvalue weighted by atomic mass is 9.97. The van der Waals surface area contributed by atoms with Crippen LogP contribution in [0.25, 0.3) is 6.08 Å². The maximum absolute atomic E-state index is 13.5. The first-order valence-corrected chi connectivity index (χ1v) is 12.6. The number of carbonyl (C=O) groups is 2. The number of hydrogen-bond acceptors (Lipinski definition) is 8. The zero-order valence-electron chi connectivity index (χ0n) is 21.9. The van der Waals surface area contributed by atoms with E-state index < -0.39 is 17.0 Å². The van der Waals surface area contributed by atoms with Crippen LogP contribution < -0.4 is 5.32 Å². The second kappa shape index (κ2) is 10.5. The van der Waals surface area contributed by atoms with Crippen LogP contribution in [0.5, 0.6) is 0 Å². The molecule has 3 aromatic rings. The average Bonchev–Trinajstić information content (AvgIpc) is 3.47. The number of halogens is 2. The normalized spacial score (nSPS) is 15.9. The largest absolute Gasteiger partial charge is 0.442 e. The minimum atomic E-state index is -0.839. The summed E-state index contributed by atoms with van der Waals surface area (Å²) in [6.45, 7) is 6.36. The fourth-order valence-corrected chi connectivity index (χ4v) is 4.42. The Labute approximate surface area is 224 Å². The van der Waals surface area contributed by atoms with Crippen molar-refractivity contribution < 1.29 is 23.1 Å². The van der Waals surface area contributed by atoms with Gasteiger partial charge in [0.05, 0.1) is 17.3 Å². The topological polar surface area (TPSA) is 115 Å². The molecule has 39 heavy (non-hydrogen) atoms. The van der Waals surface area contributed by atoms with E-state index in [9.17, 15) is 18.4 Å². The number of benzene rings is 1. The van der Waals surface area contributed by atoms with Crippen LogP contribution in [-0.2, 0) is 33.9 Å². The number of nitrogens with one attached hydrogen (secondary N) is 1. The number of aromatic nitrogens is 5. The maximum Gasteiger partial charge on any atom is 0.313 e. The van der Waals surface area contributed by atoms with Crippen LogP contribution in [0.15, 0.2) is 36.8 Å². The molecule has 0 radical (unpaired) electrons. The van der Waals surface area contributed by atoms with Crippen LogP contribution >= 0.6 is 0 Å². The Morgan fingerprint density at radius 2 is 1.74 bits per heavy atom. The van der Waals surface area contributed by atoms with Gasteiger partial charge in [-0.2, -0.15) is 0 Å². The van der Waals surface area contributed by atoms with E-state index in [0.29, 0.717) is 37.4 Å². The highest BCUT2D eigenvalue weighted by Gasteiger charge is 2.33. The summed E-state index contributed by atoms with van der Waals surface area (Å²) >= 11 is 0. The van der Waals surface area contributed by atoms with Crippen molar-refractivity contribution in [3.05, 3.63) is 70.8 Å². The van der Waals surface area contributed by atoms with Gasteiger partial charge in [0.15, 0.2) is 18.4 Å². The third-order valence-corrected chi connectivity index (χ3v) is 6.71. The molecule has 1 fully saturated rings. The smallest absolute Gasteiger partial charge is 0.313 e. The fraction of sp³-hybridized carbons (Fsp3) is 0.407. The molecule has 0 spiro atoms. The van der Waals surface area contributed by atoms with Gasteiger partial charge in [0, 0.05) is 49.1 Å². The molecule has 2 aliphatic rings. The van der Waals surface area contributed by atoms with Gasteiger partial charge in [-0.1, -0.05) is 5.21 Å². The number of anilines is 1. The van der Waals surface area contributed by atoms with Gasteiger partial charge in [0.1, 0.15) is 0 Å².